The standard InChI is InChI=1S/2C9H21N.C4H4O4/c2*1-7(2)10(8(3)4)9(5)6;5-3(6)1-2-4(7)8/h2*7-9H,1-6H3;1-2H,(H,5,6)(H,7,8)/b;;2-1+. The zero-order valence-corrected chi connectivity index (χ0v) is 20.2. The highest BCUT2D eigenvalue weighted by atomic mass is 16.4. The second-order valence-corrected chi connectivity index (χ2v) is 8.47. The van der Waals surface area contributed by atoms with Gasteiger partial charge in [0, 0.05) is 48.4 Å². The van der Waals surface area contributed by atoms with Crippen LogP contribution in [0.15, 0.2) is 12.2 Å². The van der Waals surface area contributed by atoms with Crippen molar-refractivity contribution in [2.75, 3.05) is 0 Å². The van der Waals surface area contributed by atoms with Crippen LogP contribution in [0.3, 0.4) is 0 Å². The minimum Gasteiger partial charge on any atom is -0.478 e. The highest BCUT2D eigenvalue weighted by Crippen LogP contribution is 2.09. The second kappa shape index (κ2) is 16.5. The average Bonchev–Trinajstić information content (AvgIpc) is 2.43. The lowest BCUT2D eigenvalue weighted by atomic mass is 10.2. The van der Waals surface area contributed by atoms with Gasteiger partial charge in [0.15, 0.2) is 0 Å². The summed E-state index contributed by atoms with van der Waals surface area (Å²) in [6.45, 7) is 27.0. The molecule has 2 N–H and O–H groups in total. The van der Waals surface area contributed by atoms with Crippen LogP contribution in [-0.4, -0.2) is 68.2 Å². The van der Waals surface area contributed by atoms with Gasteiger partial charge in [-0.25, -0.2) is 9.59 Å². The van der Waals surface area contributed by atoms with Gasteiger partial charge < -0.3 is 10.2 Å². The van der Waals surface area contributed by atoms with Crippen molar-refractivity contribution in [3.63, 3.8) is 0 Å². The molecule has 0 aliphatic carbocycles. The molecule has 0 atom stereocenters. The number of aliphatic carboxylic acids is 2. The Bertz CT molecular complexity index is 364. The van der Waals surface area contributed by atoms with Crippen molar-refractivity contribution in [1.29, 1.82) is 0 Å². The van der Waals surface area contributed by atoms with E-state index in [0.717, 1.165) is 0 Å². The largest absolute Gasteiger partial charge is 0.478 e. The monoisotopic (exact) mass is 402 g/mol. The fourth-order valence-electron chi connectivity index (χ4n) is 3.72. The van der Waals surface area contributed by atoms with Gasteiger partial charge in [-0.15, -0.1) is 0 Å². The summed E-state index contributed by atoms with van der Waals surface area (Å²) in [7, 11) is 0. The Labute approximate surface area is 173 Å². The molecule has 168 valence electrons. The highest BCUT2D eigenvalue weighted by molar-refractivity contribution is 5.89. The van der Waals surface area contributed by atoms with Crippen molar-refractivity contribution in [2.45, 2.75) is 119 Å². The quantitative estimate of drug-likeness (QED) is 0.571. The molecule has 0 fully saturated rings. The Morgan fingerprint density at radius 1 is 0.500 bits per heavy atom. The summed E-state index contributed by atoms with van der Waals surface area (Å²) >= 11 is 0. The van der Waals surface area contributed by atoms with Gasteiger partial charge in [-0.3, -0.25) is 9.80 Å². The molecule has 0 bridgehead atoms. The molecule has 0 spiro atoms. The van der Waals surface area contributed by atoms with E-state index >= 15 is 0 Å². The Hall–Kier alpha value is -1.40. The molecule has 0 aromatic rings. The molecule has 0 saturated carbocycles. The third kappa shape index (κ3) is 18.0. The molecular formula is C22H46N2O4. The first-order valence-corrected chi connectivity index (χ1v) is 10.2. The first-order chi connectivity index (χ1) is 12.6. The molecule has 0 rings (SSSR count). The molecule has 6 heteroatoms. The lowest BCUT2D eigenvalue weighted by molar-refractivity contribution is -0.134. The van der Waals surface area contributed by atoms with Crippen LogP contribution >= 0.6 is 0 Å². The van der Waals surface area contributed by atoms with E-state index in [-0.39, 0.29) is 0 Å². The lowest BCUT2D eigenvalue weighted by Crippen LogP contribution is -2.42. The smallest absolute Gasteiger partial charge is 0.328 e. The van der Waals surface area contributed by atoms with E-state index in [1.807, 2.05) is 0 Å². The average molecular weight is 403 g/mol. The number of carboxylic acid groups (broad SMARTS) is 2. The van der Waals surface area contributed by atoms with E-state index < -0.39 is 11.9 Å². The molecule has 0 aliphatic heterocycles. The number of carbonyl (C=O) groups is 2. The third-order valence-corrected chi connectivity index (χ3v) is 3.95. The highest BCUT2D eigenvalue weighted by Gasteiger charge is 2.16. The van der Waals surface area contributed by atoms with Crippen molar-refractivity contribution >= 4 is 11.9 Å². The second-order valence-electron chi connectivity index (χ2n) is 8.47. The normalized spacial score (nSPS) is 11.7. The first kappa shape index (κ1) is 31.3. The maximum Gasteiger partial charge on any atom is 0.328 e. The van der Waals surface area contributed by atoms with Crippen molar-refractivity contribution in [1.82, 2.24) is 9.80 Å². The van der Waals surface area contributed by atoms with E-state index in [2.05, 4.69) is 92.9 Å². The molecule has 6 nitrogen and oxygen atoms in total. The fraction of sp³-hybridized carbons (Fsp3) is 0.818. The van der Waals surface area contributed by atoms with Gasteiger partial charge in [0.05, 0.1) is 0 Å². The summed E-state index contributed by atoms with van der Waals surface area (Å²) in [5, 5.41) is 15.6. The lowest BCUT2D eigenvalue weighted by Gasteiger charge is -2.34. The number of rotatable bonds is 8. The van der Waals surface area contributed by atoms with Gasteiger partial charge in [0.1, 0.15) is 0 Å². The van der Waals surface area contributed by atoms with Crippen LogP contribution in [0.1, 0.15) is 83.1 Å². The van der Waals surface area contributed by atoms with E-state index in [9.17, 15) is 9.59 Å². The maximum absolute atomic E-state index is 9.55. The number of hydrogen-bond donors (Lipinski definition) is 2. The molecule has 0 saturated heterocycles. The summed E-state index contributed by atoms with van der Waals surface area (Å²) in [5.74, 6) is -2.51. The number of hydrogen-bond acceptors (Lipinski definition) is 4. The molecule has 28 heavy (non-hydrogen) atoms. The first-order valence-electron chi connectivity index (χ1n) is 10.2. The predicted octanol–water partition coefficient (Wildman–Crippen LogP) is 4.74. The fourth-order valence-corrected chi connectivity index (χ4v) is 3.72. The minimum absolute atomic E-state index is 0.558. The minimum atomic E-state index is -1.26. The van der Waals surface area contributed by atoms with E-state index in [1.54, 1.807) is 0 Å². The Balaban J connectivity index is -0.000000337. The van der Waals surface area contributed by atoms with Crippen LogP contribution in [0.25, 0.3) is 0 Å². The maximum atomic E-state index is 9.55. The molecule has 0 heterocycles. The van der Waals surface area contributed by atoms with Gasteiger partial charge in [0.25, 0.3) is 0 Å². The van der Waals surface area contributed by atoms with Gasteiger partial charge in [-0.1, -0.05) is 0 Å². The number of nitrogens with zero attached hydrogens (tertiary/aromatic N) is 2. The zero-order valence-electron chi connectivity index (χ0n) is 20.2. The molecule has 0 aromatic carbocycles. The van der Waals surface area contributed by atoms with Gasteiger partial charge in [0.2, 0.25) is 0 Å². The van der Waals surface area contributed by atoms with Gasteiger partial charge in [-0.2, -0.15) is 0 Å². The van der Waals surface area contributed by atoms with Crippen LogP contribution in [0.2, 0.25) is 0 Å². The van der Waals surface area contributed by atoms with Crippen molar-refractivity contribution < 1.29 is 19.8 Å². The molecule has 0 unspecified atom stereocenters. The van der Waals surface area contributed by atoms with Crippen molar-refractivity contribution in [3.05, 3.63) is 12.2 Å². The SMILES string of the molecule is CC(C)N(C(C)C)C(C)C.CC(C)N(C(C)C)C(C)C.O=C(O)/C=C/C(=O)O. The third-order valence-electron chi connectivity index (χ3n) is 3.95. The predicted molar refractivity (Wildman–Crippen MR) is 119 cm³/mol. The Morgan fingerprint density at radius 2 is 0.643 bits per heavy atom. The van der Waals surface area contributed by atoms with Crippen LogP contribution in [-0.2, 0) is 9.59 Å². The number of carboxylic acids is 2. The van der Waals surface area contributed by atoms with E-state index in [0.29, 0.717) is 48.4 Å². The van der Waals surface area contributed by atoms with Crippen LogP contribution in [0.4, 0.5) is 0 Å². The summed E-state index contributed by atoms with van der Waals surface area (Å²) in [6.07, 6.45) is 1.12. The summed E-state index contributed by atoms with van der Waals surface area (Å²) in [5.41, 5.74) is 0. The summed E-state index contributed by atoms with van der Waals surface area (Å²) < 4.78 is 0. The van der Waals surface area contributed by atoms with Crippen LogP contribution in [0, 0.1) is 0 Å². The van der Waals surface area contributed by atoms with Crippen LogP contribution in [0.5, 0.6) is 0 Å². The molecule has 0 aliphatic rings. The molecule has 0 radical (unpaired) electrons. The zero-order chi connectivity index (χ0) is 23.2. The van der Waals surface area contributed by atoms with Crippen molar-refractivity contribution in [3.8, 4) is 0 Å². The van der Waals surface area contributed by atoms with Gasteiger partial charge >= 0.3 is 11.9 Å². The summed E-state index contributed by atoms with van der Waals surface area (Å²) in [6, 6.07) is 4.00. The van der Waals surface area contributed by atoms with Gasteiger partial charge in [-0.05, 0) is 83.1 Å². The van der Waals surface area contributed by atoms with E-state index in [4.69, 9.17) is 10.2 Å². The molecule has 0 aromatic heterocycles. The molecular weight excluding hydrogens is 356 g/mol. The topological polar surface area (TPSA) is 81.1 Å². The van der Waals surface area contributed by atoms with Crippen molar-refractivity contribution in [2.24, 2.45) is 0 Å². The van der Waals surface area contributed by atoms with Crippen LogP contribution < -0.4 is 0 Å². The van der Waals surface area contributed by atoms with E-state index in [1.165, 1.54) is 0 Å². The summed E-state index contributed by atoms with van der Waals surface area (Å²) in [4.78, 5) is 24.1. The Morgan fingerprint density at radius 3 is 0.679 bits per heavy atom. The molecule has 0 amide bonds. The Kier molecular flexibility index (Phi) is 18.5.